The fourth-order valence-electron chi connectivity index (χ4n) is 2.89. The Kier molecular flexibility index (Phi) is 11.7. The Hall–Kier alpha value is -2.00. The van der Waals surface area contributed by atoms with Crippen LogP contribution in [0.25, 0.3) is 16.8 Å². The molecule has 0 aliphatic rings. The van der Waals surface area contributed by atoms with Gasteiger partial charge in [0.25, 0.3) is 0 Å². The number of rotatable bonds is 9. The number of allylic oxidation sites excluding steroid dienone is 1. The molecule has 0 saturated heterocycles. The van der Waals surface area contributed by atoms with Gasteiger partial charge in [0.15, 0.2) is 0 Å². The molecule has 170 valence electrons. The largest absolute Gasteiger partial charge is 0.396 e. The van der Waals surface area contributed by atoms with E-state index in [1.54, 1.807) is 0 Å². The van der Waals surface area contributed by atoms with E-state index in [9.17, 15) is 5.26 Å². The monoisotopic (exact) mass is 441 g/mol. The number of nitrogens with one attached hydrogen (secondary N) is 1. The summed E-state index contributed by atoms with van der Waals surface area (Å²) in [5.74, 6) is 0.833. The summed E-state index contributed by atoms with van der Waals surface area (Å²) in [5, 5.41) is 20.9. The summed E-state index contributed by atoms with van der Waals surface area (Å²) in [7, 11) is 0. The number of aliphatic hydroxyl groups is 1. The minimum absolute atomic E-state index is 0.117. The number of benzene rings is 2. The predicted octanol–water partition coefficient (Wildman–Crippen LogP) is 6.61. The van der Waals surface area contributed by atoms with Crippen molar-refractivity contribution in [3.8, 4) is 6.07 Å². The number of anilines is 1. The van der Waals surface area contributed by atoms with Crippen molar-refractivity contribution in [1.29, 1.82) is 5.26 Å². The number of aliphatic hydroxyl groups excluding tert-OH is 1. The molecule has 0 aliphatic carbocycles. The van der Waals surface area contributed by atoms with Crippen molar-refractivity contribution in [2.75, 3.05) is 24.6 Å². The van der Waals surface area contributed by atoms with Crippen LogP contribution in [0.5, 0.6) is 0 Å². The number of nitriles is 1. The Labute approximate surface area is 193 Å². The zero-order valence-corrected chi connectivity index (χ0v) is 21.0. The Morgan fingerprint density at radius 1 is 1.13 bits per heavy atom. The van der Waals surface area contributed by atoms with E-state index in [2.05, 4.69) is 80.6 Å². The van der Waals surface area contributed by atoms with Crippen LogP contribution in [0.3, 0.4) is 0 Å². The average Bonchev–Trinajstić information content (AvgIpc) is 2.71. The zero-order valence-electron chi connectivity index (χ0n) is 20.2. The maximum Gasteiger partial charge on any atom is 0.107 e. The molecule has 2 rings (SSSR count). The lowest BCUT2D eigenvalue weighted by molar-refractivity contribution is 0.248. The van der Waals surface area contributed by atoms with Crippen LogP contribution in [0.15, 0.2) is 41.3 Å². The van der Waals surface area contributed by atoms with Crippen LogP contribution in [0, 0.1) is 17.2 Å². The summed E-state index contributed by atoms with van der Waals surface area (Å²) < 4.78 is 3.26. The normalized spacial score (nSPS) is 11.8. The topological polar surface area (TPSA) is 59.3 Å². The standard InChI is InChI=1S/C22H29N3OS.C4H10/c1-5-25(6-2)20-10-9-18-13-17(7-8-19(18)15-20)14-21(16-23)27-24-22(3,4)11-12-26;1-4(2)3/h7-10,13-15,24,26H,5-6,11-12H2,1-4H3;4H,1-3H3/b21-14+;. The number of hydrogen-bond acceptors (Lipinski definition) is 5. The van der Waals surface area contributed by atoms with E-state index in [-0.39, 0.29) is 12.1 Å². The summed E-state index contributed by atoms with van der Waals surface area (Å²) in [6.07, 6.45) is 2.52. The van der Waals surface area contributed by atoms with Gasteiger partial charge in [-0.3, -0.25) is 4.72 Å². The summed E-state index contributed by atoms with van der Waals surface area (Å²) in [5.41, 5.74) is 2.00. The van der Waals surface area contributed by atoms with Crippen LogP contribution in [0.4, 0.5) is 5.69 Å². The van der Waals surface area contributed by atoms with Gasteiger partial charge in [-0.05, 0) is 92.6 Å². The quantitative estimate of drug-likeness (QED) is 0.338. The van der Waals surface area contributed by atoms with Gasteiger partial charge in [0.2, 0.25) is 0 Å². The molecule has 2 aromatic rings. The van der Waals surface area contributed by atoms with Gasteiger partial charge in [0.05, 0.1) is 0 Å². The van der Waals surface area contributed by atoms with Gasteiger partial charge in [-0.1, -0.05) is 39.0 Å². The molecule has 0 fully saturated rings. The highest BCUT2D eigenvalue weighted by Gasteiger charge is 2.17. The molecule has 4 nitrogen and oxygen atoms in total. The van der Waals surface area contributed by atoms with Gasteiger partial charge >= 0.3 is 0 Å². The molecule has 0 spiro atoms. The second kappa shape index (κ2) is 13.4. The zero-order chi connectivity index (χ0) is 23.4. The summed E-state index contributed by atoms with van der Waals surface area (Å²) >= 11 is 1.31. The molecule has 0 unspecified atom stereocenters. The van der Waals surface area contributed by atoms with Crippen molar-refractivity contribution >= 4 is 34.5 Å². The lowest BCUT2D eigenvalue weighted by Crippen LogP contribution is -2.35. The van der Waals surface area contributed by atoms with E-state index in [1.165, 1.54) is 23.0 Å². The first-order chi connectivity index (χ1) is 14.6. The number of fused-ring (bicyclic) bond motifs is 1. The molecule has 5 heteroatoms. The minimum atomic E-state index is -0.237. The molecule has 0 atom stereocenters. The maximum absolute atomic E-state index is 9.45. The Morgan fingerprint density at radius 2 is 1.71 bits per heavy atom. The van der Waals surface area contributed by atoms with Crippen LogP contribution in [-0.2, 0) is 0 Å². The minimum Gasteiger partial charge on any atom is -0.396 e. The van der Waals surface area contributed by atoms with Crippen LogP contribution < -0.4 is 9.62 Å². The van der Waals surface area contributed by atoms with Gasteiger partial charge < -0.3 is 10.0 Å². The van der Waals surface area contributed by atoms with Crippen molar-refractivity contribution in [1.82, 2.24) is 4.72 Å². The van der Waals surface area contributed by atoms with Gasteiger partial charge in [0.1, 0.15) is 11.0 Å². The van der Waals surface area contributed by atoms with Gasteiger partial charge in [-0.25, -0.2) is 0 Å². The Bertz CT molecular complexity index is 877. The second-order valence-corrected chi connectivity index (χ2v) is 9.73. The molecule has 0 aromatic heterocycles. The van der Waals surface area contributed by atoms with Crippen LogP contribution in [0.1, 0.15) is 60.5 Å². The van der Waals surface area contributed by atoms with Crippen molar-refractivity contribution in [2.24, 2.45) is 5.92 Å². The highest BCUT2D eigenvalue weighted by Crippen LogP contribution is 2.26. The molecular formula is C26H39N3OS. The molecule has 0 heterocycles. The molecular weight excluding hydrogens is 402 g/mol. The van der Waals surface area contributed by atoms with Gasteiger partial charge in [-0.15, -0.1) is 0 Å². The third-order valence-corrected chi connectivity index (χ3v) is 5.64. The van der Waals surface area contributed by atoms with E-state index < -0.39 is 0 Å². The molecule has 2 N–H and O–H groups in total. The van der Waals surface area contributed by atoms with Crippen LogP contribution >= 0.6 is 11.9 Å². The summed E-state index contributed by atoms with van der Waals surface area (Å²) in [6, 6.07) is 15.0. The fourth-order valence-corrected chi connectivity index (χ4v) is 3.62. The van der Waals surface area contributed by atoms with E-state index in [0.29, 0.717) is 11.3 Å². The van der Waals surface area contributed by atoms with Crippen LogP contribution in [0.2, 0.25) is 0 Å². The highest BCUT2D eigenvalue weighted by molar-refractivity contribution is 8.01. The fraction of sp³-hybridized carbons (Fsp3) is 0.500. The highest BCUT2D eigenvalue weighted by atomic mass is 32.2. The first-order valence-electron chi connectivity index (χ1n) is 11.1. The molecule has 0 radical (unpaired) electrons. The van der Waals surface area contributed by atoms with Crippen molar-refractivity contribution < 1.29 is 5.11 Å². The van der Waals surface area contributed by atoms with E-state index >= 15 is 0 Å². The van der Waals surface area contributed by atoms with Gasteiger partial charge in [-0.2, -0.15) is 5.26 Å². The number of nitrogens with zero attached hydrogens (tertiary/aromatic N) is 2. The van der Waals surface area contributed by atoms with Crippen molar-refractivity contribution in [2.45, 2.75) is 60.4 Å². The smallest absolute Gasteiger partial charge is 0.107 e. The van der Waals surface area contributed by atoms with Crippen molar-refractivity contribution in [3.63, 3.8) is 0 Å². The maximum atomic E-state index is 9.45. The predicted molar refractivity (Wildman–Crippen MR) is 138 cm³/mol. The van der Waals surface area contributed by atoms with Crippen molar-refractivity contribution in [3.05, 3.63) is 46.9 Å². The van der Waals surface area contributed by atoms with Gasteiger partial charge in [0, 0.05) is 30.9 Å². The first kappa shape index (κ1) is 27.0. The average molecular weight is 442 g/mol. The third-order valence-electron chi connectivity index (χ3n) is 4.56. The lowest BCUT2D eigenvalue weighted by Gasteiger charge is -2.24. The second-order valence-electron chi connectivity index (χ2n) is 8.88. The molecule has 2 aromatic carbocycles. The van der Waals surface area contributed by atoms with E-state index in [0.717, 1.165) is 30.0 Å². The number of hydrogen-bond donors (Lipinski definition) is 2. The third kappa shape index (κ3) is 9.78. The molecule has 31 heavy (non-hydrogen) atoms. The van der Waals surface area contributed by atoms with Crippen LogP contribution in [-0.4, -0.2) is 30.3 Å². The molecule has 0 saturated carbocycles. The Balaban J connectivity index is 0.00000110. The lowest BCUT2D eigenvalue weighted by atomic mass is 10.0. The summed E-state index contributed by atoms with van der Waals surface area (Å²) in [4.78, 5) is 2.93. The first-order valence-corrected chi connectivity index (χ1v) is 11.9. The van der Waals surface area contributed by atoms with E-state index in [1.807, 2.05) is 26.0 Å². The van der Waals surface area contributed by atoms with E-state index in [4.69, 9.17) is 5.11 Å². The molecule has 0 amide bonds. The SMILES string of the molecule is CC(C)C.CCN(CC)c1ccc2cc(/C=C(\C#N)SNC(C)(C)CCO)ccc2c1. The Morgan fingerprint density at radius 3 is 2.26 bits per heavy atom. The summed E-state index contributed by atoms with van der Waals surface area (Å²) in [6.45, 7) is 16.9. The molecule has 0 bridgehead atoms. The molecule has 0 aliphatic heterocycles.